The normalized spacial score (nSPS) is 22.1. The van der Waals surface area contributed by atoms with Crippen LogP contribution < -0.4 is 5.32 Å². The average molecular weight is 340 g/mol. The molecule has 0 bridgehead atoms. The van der Waals surface area contributed by atoms with E-state index >= 15 is 0 Å². The van der Waals surface area contributed by atoms with Gasteiger partial charge in [0.25, 0.3) is 0 Å². The van der Waals surface area contributed by atoms with Crippen molar-refractivity contribution >= 4 is 15.8 Å². The standard InChI is InChI=1S/C15H24N4O3S/c1-12-10-15(17-11-16-12)18-13-2-6-19(7-3-13)23(20,21)14-4-8-22-9-5-14/h10-11,13-14H,2-9H2,1H3,(H,16,17,18). The highest BCUT2D eigenvalue weighted by Crippen LogP contribution is 2.24. The van der Waals surface area contributed by atoms with E-state index in [1.54, 1.807) is 10.6 Å². The molecule has 2 fully saturated rings. The van der Waals surface area contributed by atoms with Crippen LogP contribution in [-0.2, 0) is 14.8 Å². The van der Waals surface area contributed by atoms with E-state index in [1.165, 1.54) is 0 Å². The van der Waals surface area contributed by atoms with E-state index in [0.29, 0.717) is 39.1 Å². The lowest BCUT2D eigenvalue weighted by molar-refractivity contribution is 0.0969. The summed E-state index contributed by atoms with van der Waals surface area (Å²) >= 11 is 0. The highest BCUT2D eigenvalue weighted by molar-refractivity contribution is 7.89. The van der Waals surface area contributed by atoms with Gasteiger partial charge in [-0.1, -0.05) is 0 Å². The van der Waals surface area contributed by atoms with E-state index < -0.39 is 10.0 Å². The minimum absolute atomic E-state index is 0.255. The first kappa shape index (κ1) is 16.6. The molecule has 128 valence electrons. The Kier molecular flexibility index (Phi) is 5.13. The molecule has 8 heteroatoms. The predicted molar refractivity (Wildman–Crippen MR) is 87.7 cm³/mol. The number of aryl methyl sites for hydroxylation is 1. The predicted octanol–water partition coefficient (Wildman–Crippen LogP) is 1.17. The van der Waals surface area contributed by atoms with E-state index in [2.05, 4.69) is 15.3 Å². The molecule has 7 nitrogen and oxygen atoms in total. The summed E-state index contributed by atoms with van der Waals surface area (Å²) < 4.78 is 32.3. The van der Waals surface area contributed by atoms with Crippen LogP contribution in [0.15, 0.2) is 12.4 Å². The number of sulfonamides is 1. The number of anilines is 1. The van der Waals surface area contributed by atoms with E-state index in [4.69, 9.17) is 4.74 Å². The maximum Gasteiger partial charge on any atom is 0.217 e. The first-order valence-electron chi connectivity index (χ1n) is 8.17. The first-order chi connectivity index (χ1) is 11.1. The van der Waals surface area contributed by atoms with Crippen LogP contribution in [0.4, 0.5) is 5.82 Å². The fourth-order valence-corrected chi connectivity index (χ4v) is 5.11. The molecule has 0 saturated carbocycles. The molecule has 0 atom stereocenters. The van der Waals surface area contributed by atoms with Crippen LogP contribution in [0.1, 0.15) is 31.4 Å². The summed E-state index contributed by atoms with van der Waals surface area (Å²) in [6.45, 7) is 4.17. The number of nitrogens with one attached hydrogen (secondary N) is 1. The lowest BCUT2D eigenvalue weighted by atomic mass is 10.1. The molecule has 0 aromatic carbocycles. The van der Waals surface area contributed by atoms with Crippen LogP contribution in [0.3, 0.4) is 0 Å². The molecule has 1 N–H and O–H groups in total. The van der Waals surface area contributed by atoms with Crippen LogP contribution >= 0.6 is 0 Å². The Morgan fingerprint density at radius 2 is 1.87 bits per heavy atom. The van der Waals surface area contributed by atoms with Gasteiger partial charge in [-0.2, -0.15) is 0 Å². The van der Waals surface area contributed by atoms with E-state index in [1.807, 2.05) is 13.0 Å². The van der Waals surface area contributed by atoms with Crippen molar-refractivity contribution in [3.63, 3.8) is 0 Å². The minimum Gasteiger partial charge on any atom is -0.381 e. The van der Waals surface area contributed by atoms with Crippen molar-refractivity contribution in [1.29, 1.82) is 0 Å². The number of piperidine rings is 1. The maximum absolute atomic E-state index is 12.7. The Morgan fingerprint density at radius 1 is 1.17 bits per heavy atom. The molecule has 2 aliphatic rings. The third kappa shape index (κ3) is 3.99. The summed E-state index contributed by atoms with van der Waals surface area (Å²) in [6.07, 6.45) is 4.36. The Labute approximate surface area is 137 Å². The van der Waals surface area contributed by atoms with Crippen molar-refractivity contribution in [1.82, 2.24) is 14.3 Å². The van der Waals surface area contributed by atoms with Crippen molar-refractivity contribution in [2.24, 2.45) is 0 Å². The SMILES string of the molecule is Cc1cc(NC2CCN(S(=O)(=O)C3CCOCC3)CC2)ncn1. The molecule has 0 radical (unpaired) electrons. The quantitative estimate of drug-likeness (QED) is 0.886. The average Bonchev–Trinajstić information content (AvgIpc) is 2.56. The number of aromatic nitrogens is 2. The summed E-state index contributed by atoms with van der Waals surface area (Å²) in [4.78, 5) is 8.29. The summed E-state index contributed by atoms with van der Waals surface area (Å²) in [6, 6.07) is 2.16. The van der Waals surface area contributed by atoms with Crippen LogP contribution in [0, 0.1) is 6.92 Å². The topological polar surface area (TPSA) is 84.4 Å². The molecule has 0 unspecified atom stereocenters. The number of ether oxygens (including phenoxy) is 1. The van der Waals surface area contributed by atoms with Crippen molar-refractivity contribution in [3.8, 4) is 0 Å². The van der Waals surface area contributed by atoms with Gasteiger partial charge in [-0.05, 0) is 32.6 Å². The number of nitrogens with zero attached hydrogens (tertiary/aromatic N) is 3. The zero-order valence-corrected chi connectivity index (χ0v) is 14.3. The van der Waals surface area contributed by atoms with Crippen LogP contribution in [0.5, 0.6) is 0 Å². The smallest absolute Gasteiger partial charge is 0.217 e. The molecule has 3 rings (SSSR count). The van der Waals surface area contributed by atoms with Crippen LogP contribution in [-0.4, -0.2) is 60.3 Å². The third-order valence-electron chi connectivity index (χ3n) is 4.56. The van der Waals surface area contributed by atoms with Gasteiger partial charge in [-0.3, -0.25) is 0 Å². The molecule has 0 spiro atoms. The maximum atomic E-state index is 12.7. The fraction of sp³-hybridized carbons (Fsp3) is 0.733. The van der Waals surface area contributed by atoms with Gasteiger partial charge >= 0.3 is 0 Å². The van der Waals surface area contributed by atoms with Crippen molar-refractivity contribution in [2.45, 2.75) is 43.9 Å². The van der Waals surface area contributed by atoms with E-state index in [-0.39, 0.29) is 11.3 Å². The van der Waals surface area contributed by atoms with Gasteiger partial charge in [0.05, 0.1) is 5.25 Å². The van der Waals surface area contributed by atoms with Crippen molar-refractivity contribution < 1.29 is 13.2 Å². The van der Waals surface area contributed by atoms with Gasteiger partial charge in [0.1, 0.15) is 12.1 Å². The molecule has 0 aliphatic carbocycles. The first-order valence-corrected chi connectivity index (χ1v) is 9.68. The summed E-state index contributed by atoms with van der Waals surface area (Å²) in [5.74, 6) is 0.809. The Morgan fingerprint density at radius 3 is 2.52 bits per heavy atom. The van der Waals surface area contributed by atoms with Crippen LogP contribution in [0.2, 0.25) is 0 Å². The second kappa shape index (κ2) is 7.11. The zero-order chi connectivity index (χ0) is 16.3. The van der Waals surface area contributed by atoms with Gasteiger partial charge in [0.2, 0.25) is 10.0 Å². The zero-order valence-electron chi connectivity index (χ0n) is 13.4. The Hall–Kier alpha value is -1.25. The summed E-state index contributed by atoms with van der Waals surface area (Å²) in [5, 5.41) is 3.11. The van der Waals surface area contributed by atoms with Gasteiger partial charge in [-0.25, -0.2) is 22.7 Å². The van der Waals surface area contributed by atoms with Crippen LogP contribution in [0.25, 0.3) is 0 Å². The third-order valence-corrected chi connectivity index (χ3v) is 6.96. The van der Waals surface area contributed by atoms with Crippen molar-refractivity contribution in [3.05, 3.63) is 18.1 Å². The van der Waals surface area contributed by atoms with E-state index in [9.17, 15) is 8.42 Å². The molecule has 2 saturated heterocycles. The largest absolute Gasteiger partial charge is 0.381 e. The summed E-state index contributed by atoms with van der Waals surface area (Å²) in [7, 11) is -3.19. The van der Waals surface area contributed by atoms with Crippen molar-refractivity contribution in [2.75, 3.05) is 31.6 Å². The lowest BCUT2D eigenvalue weighted by Crippen LogP contribution is -2.47. The molecule has 3 heterocycles. The molecule has 1 aromatic heterocycles. The molecular formula is C15H24N4O3S. The number of hydrogen-bond donors (Lipinski definition) is 1. The Balaban J connectivity index is 1.55. The van der Waals surface area contributed by atoms with Gasteiger partial charge in [0, 0.05) is 44.1 Å². The highest BCUT2D eigenvalue weighted by Gasteiger charge is 2.35. The monoisotopic (exact) mass is 340 g/mol. The van der Waals surface area contributed by atoms with E-state index in [0.717, 1.165) is 24.4 Å². The fourth-order valence-electron chi connectivity index (χ4n) is 3.18. The van der Waals surface area contributed by atoms with Gasteiger partial charge in [-0.15, -0.1) is 0 Å². The molecule has 23 heavy (non-hydrogen) atoms. The Bertz CT molecular complexity index is 623. The second-order valence-electron chi connectivity index (χ2n) is 6.22. The lowest BCUT2D eigenvalue weighted by Gasteiger charge is -2.35. The molecule has 0 amide bonds. The molecular weight excluding hydrogens is 316 g/mol. The second-order valence-corrected chi connectivity index (χ2v) is 8.43. The molecule has 1 aromatic rings. The van der Waals surface area contributed by atoms with Gasteiger partial charge < -0.3 is 10.1 Å². The minimum atomic E-state index is -3.19. The number of rotatable bonds is 4. The number of hydrogen-bond acceptors (Lipinski definition) is 6. The molecule has 2 aliphatic heterocycles. The van der Waals surface area contributed by atoms with Gasteiger partial charge in [0.15, 0.2) is 0 Å². The highest BCUT2D eigenvalue weighted by atomic mass is 32.2. The summed E-state index contributed by atoms with van der Waals surface area (Å²) in [5.41, 5.74) is 0.919.